The average molecular weight is 1180 g/mol. The predicted octanol–water partition coefficient (Wildman–Crippen LogP) is 12.7. The number of hydrogen-bond acceptors (Lipinski definition) is 14. The highest BCUT2D eigenvalue weighted by Crippen LogP contribution is 2.36. The van der Waals surface area contributed by atoms with E-state index in [1.165, 1.54) is 22.3 Å². The summed E-state index contributed by atoms with van der Waals surface area (Å²) in [6, 6.07) is 29.1. The second-order valence-corrected chi connectivity index (χ2v) is 25.7. The summed E-state index contributed by atoms with van der Waals surface area (Å²) in [7, 11) is 0. The van der Waals surface area contributed by atoms with E-state index in [2.05, 4.69) is 104 Å². The van der Waals surface area contributed by atoms with Crippen LogP contribution in [0.5, 0.6) is 0 Å². The van der Waals surface area contributed by atoms with Gasteiger partial charge in [0.25, 0.3) is 0 Å². The predicted molar refractivity (Wildman–Crippen MR) is 330 cm³/mol. The Labute approximate surface area is 506 Å². The Hall–Kier alpha value is -3.16. The fourth-order valence-corrected chi connectivity index (χ4v) is 10.0. The van der Waals surface area contributed by atoms with E-state index in [9.17, 15) is 0 Å². The maximum absolute atomic E-state index is 5.90. The molecule has 10 rings (SSSR count). The van der Waals surface area contributed by atoms with Gasteiger partial charge in [0, 0.05) is 37.9 Å². The van der Waals surface area contributed by atoms with Crippen LogP contribution in [0.2, 0.25) is 0 Å². The van der Waals surface area contributed by atoms with Gasteiger partial charge >= 0.3 is 0 Å². The van der Waals surface area contributed by atoms with Gasteiger partial charge in [-0.15, -0.1) is 0 Å². The maximum atomic E-state index is 5.90. The van der Waals surface area contributed by atoms with Crippen LogP contribution in [0.1, 0.15) is 123 Å². The molecule has 474 valence electrons. The molecule has 0 amide bonds. The topological polar surface area (TPSA) is 129 Å². The van der Waals surface area contributed by atoms with Crippen LogP contribution in [-0.2, 0) is 92.7 Å². The maximum Gasteiger partial charge on any atom is 0.0717 e. The van der Waals surface area contributed by atoms with Crippen molar-refractivity contribution in [1.29, 1.82) is 0 Å². The molecule has 14 heteroatoms. The fraction of sp³-hybridized carbons (Fsp3) is 0.714. The molecule has 3 aromatic carbocycles. The largest absolute Gasteiger partial charge is 0.380 e. The lowest BCUT2D eigenvalue weighted by molar-refractivity contribution is -0.164. The third kappa shape index (κ3) is 22.5. The number of ether oxygens (including phenoxy) is 14. The van der Waals surface area contributed by atoms with E-state index in [-0.39, 0.29) is 21.7 Å². The molecule has 0 radical (unpaired) electrons. The molecule has 7 aliphatic rings. The summed E-state index contributed by atoms with van der Waals surface area (Å²) in [5.41, 5.74) is 7.99. The first kappa shape index (κ1) is 69.9. The molecule has 7 saturated heterocycles. The summed E-state index contributed by atoms with van der Waals surface area (Å²) in [6.07, 6.45) is 7.92. The zero-order chi connectivity index (χ0) is 59.9. The molecule has 0 spiro atoms. The summed E-state index contributed by atoms with van der Waals surface area (Å²) in [5, 5.41) is 0. The summed E-state index contributed by atoms with van der Waals surface area (Å²) in [6.45, 7) is 43.5. The molecule has 0 aromatic heterocycles. The lowest BCUT2D eigenvalue weighted by Crippen LogP contribution is -2.46. The second-order valence-electron chi connectivity index (χ2n) is 25.7. The molecular formula is C70H110O14. The van der Waals surface area contributed by atoms with Crippen molar-refractivity contribution in [2.45, 2.75) is 127 Å². The van der Waals surface area contributed by atoms with Crippen molar-refractivity contribution in [3.63, 3.8) is 0 Å². The Bertz CT molecular complexity index is 2020. The van der Waals surface area contributed by atoms with Crippen LogP contribution in [-0.4, -0.2) is 159 Å². The number of hydrogen-bond donors (Lipinski definition) is 0. The summed E-state index contributed by atoms with van der Waals surface area (Å²) in [4.78, 5) is 0. The smallest absolute Gasteiger partial charge is 0.0717 e. The highest BCUT2D eigenvalue weighted by molar-refractivity contribution is 5.21. The monoisotopic (exact) mass is 1170 g/mol. The molecular weight excluding hydrogens is 1060 g/mol. The summed E-state index contributed by atoms with van der Waals surface area (Å²) < 4.78 is 77.0. The van der Waals surface area contributed by atoms with Gasteiger partial charge in [-0.1, -0.05) is 146 Å². The van der Waals surface area contributed by atoms with Gasteiger partial charge in [0.1, 0.15) is 0 Å². The van der Waals surface area contributed by atoms with Gasteiger partial charge in [0.05, 0.1) is 185 Å². The lowest BCUT2D eigenvalue weighted by atomic mass is 9.84. The average Bonchev–Trinajstić information content (AvgIpc) is 3.52. The third-order valence-electron chi connectivity index (χ3n) is 18.3. The first-order chi connectivity index (χ1) is 40.8. The minimum atomic E-state index is 0.258. The number of rotatable bonds is 34. The van der Waals surface area contributed by atoms with Gasteiger partial charge in [-0.2, -0.15) is 0 Å². The van der Waals surface area contributed by atoms with E-state index in [4.69, 9.17) is 66.3 Å². The van der Waals surface area contributed by atoms with Crippen molar-refractivity contribution in [2.75, 3.05) is 159 Å². The van der Waals surface area contributed by atoms with E-state index in [1.54, 1.807) is 0 Å². The zero-order valence-corrected chi connectivity index (χ0v) is 53.3. The fourth-order valence-electron chi connectivity index (χ4n) is 10.0. The lowest BCUT2D eigenvalue weighted by Gasteiger charge is -2.41. The van der Waals surface area contributed by atoms with Crippen LogP contribution in [0.3, 0.4) is 0 Å². The van der Waals surface area contributed by atoms with Crippen LogP contribution in [0, 0.1) is 37.9 Å². The second kappa shape index (κ2) is 36.4. The normalized spacial score (nSPS) is 20.7. The summed E-state index contributed by atoms with van der Waals surface area (Å²) in [5.74, 6) is 0. The van der Waals surface area contributed by atoms with Crippen LogP contribution in [0.25, 0.3) is 0 Å². The van der Waals surface area contributed by atoms with Crippen LogP contribution in [0.15, 0.2) is 97.1 Å². The Kier molecular flexibility index (Phi) is 30.3. The Morgan fingerprint density at radius 3 is 0.702 bits per heavy atom. The molecule has 0 bridgehead atoms. The van der Waals surface area contributed by atoms with Crippen LogP contribution < -0.4 is 0 Å². The van der Waals surface area contributed by atoms with E-state index in [0.29, 0.717) is 62.5 Å². The molecule has 0 aliphatic carbocycles. The van der Waals surface area contributed by atoms with E-state index in [0.717, 1.165) is 189 Å². The van der Waals surface area contributed by atoms with E-state index < -0.39 is 0 Å². The third-order valence-corrected chi connectivity index (χ3v) is 18.3. The van der Waals surface area contributed by atoms with Crippen molar-refractivity contribution < 1.29 is 66.3 Å². The van der Waals surface area contributed by atoms with Gasteiger partial charge in [-0.25, -0.2) is 0 Å². The Balaban J connectivity index is 0.000000172. The van der Waals surface area contributed by atoms with Gasteiger partial charge < -0.3 is 66.3 Å². The molecule has 7 heterocycles. The van der Waals surface area contributed by atoms with Crippen LogP contribution in [0.4, 0.5) is 0 Å². The van der Waals surface area contributed by atoms with Crippen molar-refractivity contribution in [3.05, 3.63) is 119 Å². The zero-order valence-electron chi connectivity index (χ0n) is 53.3. The molecule has 14 nitrogen and oxygen atoms in total. The minimum absolute atomic E-state index is 0.258. The van der Waals surface area contributed by atoms with Gasteiger partial charge in [0.15, 0.2) is 0 Å². The van der Waals surface area contributed by atoms with Crippen molar-refractivity contribution in [3.8, 4) is 0 Å². The van der Waals surface area contributed by atoms with Gasteiger partial charge in [-0.05, 0) is 74.1 Å². The molecule has 3 aromatic rings. The van der Waals surface area contributed by atoms with Crippen molar-refractivity contribution in [1.82, 2.24) is 0 Å². The summed E-state index contributed by atoms with van der Waals surface area (Å²) >= 11 is 0. The molecule has 84 heavy (non-hydrogen) atoms. The molecule has 0 atom stereocenters. The van der Waals surface area contributed by atoms with Crippen LogP contribution >= 0.6 is 0 Å². The Morgan fingerprint density at radius 1 is 0.310 bits per heavy atom. The minimum Gasteiger partial charge on any atom is -0.380 e. The Morgan fingerprint density at radius 2 is 0.512 bits per heavy atom. The van der Waals surface area contributed by atoms with E-state index >= 15 is 0 Å². The molecule has 0 unspecified atom stereocenters. The number of benzene rings is 3. The van der Waals surface area contributed by atoms with E-state index in [1.807, 2.05) is 43.3 Å². The molecule has 0 N–H and O–H groups in total. The van der Waals surface area contributed by atoms with Gasteiger partial charge in [0.2, 0.25) is 0 Å². The first-order valence-electron chi connectivity index (χ1n) is 31.7. The quantitative estimate of drug-likeness (QED) is 0.0415. The molecule has 0 saturated carbocycles. The van der Waals surface area contributed by atoms with Crippen molar-refractivity contribution >= 4 is 0 Å². The standard InChI is InChI=1S/C20H30O4.C14H26O4.2C13H18O2.C10H18O2/c1-3-19(13-23-14-19)11-21-9-17-5-7-18(8-6-17)10-22-12-20(4-2)15-24-16-20;1-3-13(9-17-10-13)7-15-5-6-16-8-14(4-2)11-18-12-14;2*1-2-13(10-15-11-13)9-14-8-12-6-4-3-5-7-12;1-4-10(7-12-8-10)6-11-5-9(2)3/h5-8H,3-4,9-16H2,1-2H3;3-12H2,1-2H3;2*3-7H,2,8-11H2,1H3;2,4-8H2,1,3H3. The highest BCUT2D eigenvalue weighted by atomic mass is 16.6. The first-order valence-corrected chi connectivity index (χ1v) is 31.7. The van der Waals surface area contributed by atoms with Gasteiger partial charge in [-0.3, -0.25) is 0 Å². The molecule has 7 fully saturated rings. The van der Waals surface area contributed by atoms with Crippen molar-refractivity contribution in [2.24, 2.45) is 37.9 Å². The molecule has 7 aliphatic heterocycles. The SMILES string of the molecule is C=C(C)COCC1(CC)COC1.CCC1(COCCOCC2(CC)COC2)COC1.CCC1(COCc2ccc(COCC3(CC)COC3)cc2)COC1.CCC1(COCc2ccccc2)COC1.CCC1(COCc2ccccc2)COC1. The highest BCUT2D eigenvalue weighted by Gasteiger charge is 2.41.